The number of hydrogen-bond donors (Lipinski definition) is 2. The fourth-order valence-electron chi connectivity index (χ4n) is 2.45. The molecule has 2 atom stereocenters. The van der Waals surface area contributed by atoms with Gasteiger partial charge in [0, 0.05) is 10.2 Å². The van der Waals surface area contributed by atoms with Gasteiger partial charge in [-0.05, 0) is 29.7 Å². The lowest BCUT2D eigenvalue weighted by atomic mass is 9.99. The molecule has 92 valence electrons. The normalized spacial score (nSPS) is 19.1. The maximum Gasteiger partial charge on any atom is 0.100 e. The van der Waals surface area contributed by atoms with E-state index in [9.17, 15) is 5.11 Å². The first-order valence-corrected chi connectivity index (χ1v) is 6.82. The lowest BCUT2D eigenvalue weighted by Gasteiger charge is -2.20. The number of hydrogen-bond acceptors (Lipinski definition) is 2. The van der Waals surface area contributed by atoms with E-state index in [4.69, 9.17) is 0 Å². The Balaban J connectivity index is 1.85. The quantitative estimate of drug-likeness (QED) is 0.890. The van der Waals surface area contributed by atoms with Crippen LogP contribution in [0.5, 0.6) is 0 Å². The van der Waals surface area contributed by atoms with Crippen LogP contribution >= 0.6 is 15.9 Å². The molecule has 3 heteroatoms. The molecule has 0 aromatic heterocycles. The number of nitrogens with one attached hydrogen (secondary N) is 1. The van der Waals surface area contributed by atoms with Crippen LogP contribution in [-0.4, -0.2) is 11.1 Å². The van der Waals surface area contributed by atoms with Gasteiger partial charge in [0.2, 0.25) is 0 Å². The van der Waals surface area contributed by atoms with Crippen molar-refractivity contribution in [2.24, 2.45) is 0 Å². The van der Waals surface area contributed by atoms with Gasteiger partial charge < -0.3 is 10.4 Å². The van der Waals surface area contributed by atoms with E-state index in [1.165, 1.54) is 5.56 Å². The highest BCUT2D eigenvalue weighted by atomic mass is 79.9. The van der Waals surface area contributed by atoms with E-state index in [2.05, 4.69) is 33.4 Å². The summed E-state index contributed by atoms with van der Waals surface area (Å²) in [6, 6.07) is 16.1. The zero-order valence-electron chi connectivity index (χ0n) is 9.81. The van der Waals surface area contributed by atoms with E-state index in [-0.39, 0.29) is 6.04 Å². The Morgan fingerprint density at radius 3 is 2.61 bits per heavy atom. The highest BCUT2D eigenvalue weighted by Gasteiger charge is 2.28. The average molecular weight is 304 g/mol. The van der Waals surface area contributed by atoms with Crippen LogP contribution < -0.4 is 5.32 Å². The molecule has 2 nitrogen and oxygen atoms in total. The summed E-state index contributed by atoms with van der Waals surface area (Å²) < 4.78 is 0.954. The molecule has 1 aliphatic heterocycles. The van der Waals surface area contributed by atoms with Gasteiger partial charge in [0.15, 0.2) is 0 Å². The summed E-state index contributed by atoms with van der Waals surface area (Å²) in [6.45, 7) is 0. The lowest BCUT2D eigenvalue weighted by molar-refractivity contribution is 0.156. The lowest BCUT2D eigenvalue weighted by Crippen LogP contribution is -2.25. The van der Waals surface area contributed by atoms with Crippen LogP contribution in [0.4, 0.5) is 5.69 Å². The van der Waals surface area contributed by atoms with Crippen molar-refractivity contribution in [3.8, 4) is 0 Å². The van der Waals surface area contributed by atoms with Crippen molar-refractivity contribution in [3.05, 3.63) is 64.1 Å². The molecule has 0 radical (unpaired) electrons. The Morgan fingerprint density at radius 1 is 1.11 bits per heavy atom. The van der Waals surface area contributed by atoms with Crippen LogP contribution in [-0.2, 0) is 6.42 Å². The van der Waals surface area contributed by atoms with Gasteiger partial charge in [0.25, 0.3) is 0 Å². The van der Waals surface area contributed by atoms with Crippen molar-refractivity contribution in [2.75, 3.05) is 5.32 Å². The summed E-state index contributed by atoms with van der Waals surface area (Å²) in [6.07, 6.45) is 0.353. The van der Waals surface area contributed by atoms with Crippen LogP contribution in [0, 0.1) is 0 Å². The van der Waals surface area contributed by atoms with Crippen molar-refractivity contribution in [3.63, 3.8) is 0 Å². The molecule has 2 aromatic carbocycles. The number of fused-ring (bicyclic) bond motifs is 1. The molecule has 0 bridgehead atoms. The fraction of sp³-hybridized carbons (Fsp3) is 0.200. The summed E-state index contributed by atoms with van der Waals surface area (Å²) >= 11 is 3.49. The predicted molar refractivity (Wildman–Crippen MR) is 76.7 cm³/mol. The van der Waals surface area contributed by atoms with Gasteiger partial charge >= 0.3 is 0 Å². The Hall–Kier alpha value is -1.32. The van der Waals surface area contributed by atoms with Gasteiger partial charge in [-0.15, -0.1) is 0 Å². The first kappa shape index (κ1) is 11.8. The molecule has 2 N–H and O–H groups in total. The molecular weight excluding hydrogens is 290 g/mol. The number of rotatable bonds is 2. The number of benzene rings is 2. The van der Waals surface area contributed by atoms with Crippen LogP contribution in [0.2, 0.25) is 0 Å². The second-order valence-electron chi connectivity index (χ2n) is 4.58. The zero-order valence-corrected chi connectivity index (χ0v) is 11.4. The van der Waals surface area contributed by atoms with Crippen molar-refractivity contribution in [1.29, 1.82) is 0 Å². The minimum Gasteiger partial charge on any atom is -0.386 e. The molecule has 0 saturated carbocycles. The number of halogens is 1. The smallest absolute Gasteiger partial charge is 0.100 e. The van der Waals surface area contributed by atoms with Crippen LogP contribution in [0.1, 0.15) is 17.2 Å². The van der Waals surface area contributed by atoms with E-state index in [0.717, 1.165) is 22.1 Å². The van der Waals surface area contributed by atoms with E-state index in [1.807, 2.05) is 36.4 Å². The predicted octanol–water partition coefficient (Wildman–Crippen LogP) is 3.52. The Bertz CT molecular complexity index is 545. The maximum absolute atomic E-state index is 10.5. The zero-order chi connectivity index (χ0) is 12.5. The molecule has 2 unspecified atom stereocenters. The largest absolute Gasteiger partial charge is 0.386 e. The van der Waals surface area contributed by atoms with Gasteiger partial charge in [-0.2, -0.15) is 0 Å². The third-order valence-electron chi connectivity index (χ3n) is 3.40. The van der Waals surface area contributed by atoms with Gasteiger partial charge in [-0.25, -0.2) is 0 Å². The minimum atomic E-state index is -0.507. The summed E-state index contributed by atoms with van der Waals surface area (Å²) in [5.41, 5.74) is 3.34. The monoisotopic (exact) mass is 303 g/mol. The SMILES string of the molecule is OC(c1ccccc1Br)C1Cc2ccccc2N1. The molecule has 0 amide bonds. The maximum atomic E-state index is 10.5. The van der Waals surface area contributed by atoms with Gasteiger partial charge in [-0.1, -0.05) is 52.3 Å². The van der Waals surface area contributed by atoms with Crippen molar-refractivity contribution in [1.82, 2.24) is 0 Å². The van der Waals surface area contributed by atoms with Crippen LogP contribution in [0.15, 0.2) is 53.0 Å². The fourth-order valence-corrected chi connectivity index (χ4v) is 2.97. The first-order valence-electron chi connectivity index (χ1n) is 6.02. The number of aliphatic hydroxyl groups is 1. The molecule has 1 aliphatic rings. The van der Waals surface area contributed by atoms with E-state index < -0.39 is 6.10 Å². The van der Waals surface area contributed by atoms with Crippen molar-refractivity contribution < 1.29 is 5.11 Å². The summed E-state index contributed by atoms with van der Waals surface area (Å²) in [5.74, 6) is 0. The molecule has 3 rings (SSSR count). The molecule has 0 spiro atoms. The third-order valence-corrected chi connectivity index (χ3v) is 4.13. The Labute approximate surface area is 115 Å². The molecule has 0 fully saturated rings. The third kappa shape index (κ3) is 2.04. The molecule has 0 aliphatic carbocycles. The Morgan fingerprint density at radius 2 is 1.83 bits per heavy atom. The van der Waals surface area contributed by atoms with E-state index in [0.29, 0.717) is 0 Å². The highest BCUT2D eigenvalue weighted by Crippen LogP contribution is 2.34. The van der Waals surface area contributed by atoms with E-state index in [1.54, 1.807) is 0 Å². The highest BCUT2D eigenvalue weighted by molar-refractivity contribution is 9.10. The Kier molecular flexibility index (Phi) is 3.10. The van der Waals surface area contributed by atoms with E-state index >= 15 is 0 Å². The number of anilines is 1. The van der Waals surface area contributed by atoms with Crippen molar-refractivity contribution in [2.45, 2.75) is 18.6 Å². The topological polar surface area (TPSA) is 32.3 Å². The number of aliphatic hydroxyl groups excluding tert-OH is 1. The van der Waals surface area contributed by atoms with Crippen LogP contribution in [0.25, 0.3) is 0 Å². The molecule has 18 heavy (non-hydrogen) atoms. The molecular formula is C15H14BrNO. The molecule has 1 heterocycles. The number of para-hydroxylation sites is 1. The van der Waals surface area contributed by atoms with Gasteiger partial charge in [0.05, 0.1) is 6.04 Å². The minimum absolute atomic E-state index is 0.0427. The average Bonchev–Trinajstić information content (AvgIpc) is 2.82. The van der Waals surface area contributed by atoms with Gasteiger partial charge in [0.1, 0.15) is 6.10 Å². The van der Waals surface area contributed by atoms with Crippen molar-refractivity contribution >= 4 is 21.6 Å². The molecule has 0 saturated heterocycles. The summed E-state index contributed by atoms with van der Waals surface area (Å²) in [4.78, 5) is 0. The van der Waals surface area contributed by atoms with Gasteiger partial charge in [-0.3, -0.25) is 0 Å². The second-order valence-corrected chi connectivity index (χ2v) is 5.43. The van der Waals surface area contributed by atoms with Crippen LogP contribution in [0.3, 0.4) is 0 Å². The molecule has 2 aromatic rings. The summed E-state index contributed by atoms with van der Waals surface area (Å²) in [5, 5.41) is 13.9. The second kappa shape index (κ2) is 4.75. The standard InChI is InChI=1S/C15H14BrNO/c16-12-7-3-2-6-11(12)15(18)14-9-10-5-1-4-8-13(10)17-14/h1-8,14-15,17-18H,9H2. The first-order chi connectivity index (χ1) is 8.75. The summed E-state index contributed by atoms with van der Waals surface area (Å²) in [7, 11) is 0.